The van der Waals surface area contributed by atoms with Crippen LogP contribution in [-0.2, 0) is 11.2 Å². The fraction of sp³-hybridized carbons (Fsp3) is 0.524. The Kier molecular flexibility index (Phi) is 6.78. The zero-order chi connectivity index (χ0) is 18.4. The van der Waals surface area contributed by atoms with Crippen molar-refractivity contribution in [1.29, 1.82) is 0 Å². The fourth-order valence-corrected chi connectivity index (χ4v) is 4.39. The number of aromatic nitrogens is 2. The third-order valence-corrected chi connectivity index (χ3v) is 6.11. The van der Waals surface area contributed by atoms with Crippen molar-refractivity contribution < 1.29 is 4.79 Å². The largest absolute Gasteiger partial charge is 0.355 e. The molecule has 0 unspecified atom stereocenters. The number of carbonyl (C=O) groups is 1. The van der Waals surface area contributed by atoms with Crippen molar-refractivity contribution in [1.82, 2.24) is 15.3 Å². The maximum atomic E-state index is 12.4. The van der Waals surface area contributed by atoms with E-state index in [0.29, 0.717) is 5.92 Å². The van der Waals surface area contributed by atoms with Gasteiger partial charge < -0.3 is 10.3 Å². The molecule has 0 aliphatic heterocycles. The average molecular weight is 372 g/mol. The van der Waals surface area contributed by atoms with E-state index < -0.39 is 0 Å². The lowest BCUT2D eigenvalue weighted by atomic mass is 9.89. The Morgan fingerprint density at radius 1 is 1.27 bits per heavy atom. The molecule has 140 valence electrons. The standard InChI is InChI=1S/C21H29N3OS/c1-15-19(13-17-9-5-3-6-10-17)24-21(23-15)26-16(2)20(25)22-14-18-11-7-4-8-12-18/h3,5-6,9-10,16,18H,4,7-8,11-14H2,1-2H3,(H,22,25)(H,23,24)/t16-/m1/s1. The number of imidazole rings is 1. The summed E-state index contributed by atoms with van der Waals surface area (Å²) in [4.78, 5) is 20.4. The molecule has 0 bridgehead atoms. The molecule has 3 rings (SSSR count). The number of thioether (sulfide) groups is 1. The van der Waals surface area contributed by atoms with E-state index in [2.05, 4.69) is 22.4 Å². The fourth-order valence-electron chi connectivity index (χ4n) is 3.48. The van der Waals surface area contributed by atoms with E-state index in [-0.39, 0.29) is 11.2 Å². The number of H-pyrrole nitrogens is 1. The quantitative estimate of drug-likeness (QED) is 0.705. The number of benzene rings is 1. The topological polar surface area (TPSA) is 57.8 Å². The molecule has 2 aromatic rings. The molecule has 2 N–H and O–H groups in total. The zero-order valence-corrected chi connectivity index (χ0v) is 16.6. The van der Waals surface area contributed by atoms with Gasteiger partial charge in [-0.2, -0.15) is 0 Å². The van der Waals surface area contributed by atoms with Gasteiger partial charge in [0, 0.05) is 18.7 Å². The van der Waals surface area contributed by atoms with Crippen LogP contribution in [0.2, 0.25) is 0 Å². The van der Waals surface area contributed by atoms with Crippen LogP contribution in [0.1, 0.15) is 56.0 Å². The van der Waals surface area contributed by atoms with E-state index >= 15 is 0 Å². The SMILES string of the molecule is Cc1[nH]c(S[C@H](C)C(=O)NCC2CCCCC2)nc1Cc1ccccc1. The zero-order valence-electron chi connectivity index (χ0n) is 15.8. The maximum absolute atomic E-state index is 12.4. The highest BCUT2D eigenvalue weighted by atomic mass is 32.2. The van der Waals surface area contributed by atoms with Gasteiger partial charge in [0.1, 0.15) is 0 Å². The van der Waals surface area contributed by atoms with Crippen molar-refractivity contribution in [2.45, 2.75) is 62.8 Å². The number of nitrogens with zero attached hydrogens (tertiary/aromatic N) is 1. The summed E-state index contributed by atoms with van der Waals surface area (Å²) in [5, 5.41) is 3.82. The minimum atomic E-state index is -0.145. The van der Waals surface area contributed by atoms with Crippen LogP contribution in [0, 0.1) is 12.8 Å². The van der Waals surface area contributed by atoms with Gasteiger partial charge in [-0.05, 0) is 38.2 Å². The summed E-state index contributed by atoms with van der Waals surface area (Å²) in [5.41, 5.74) is 3.37. The average Bonchev–Trinajstić information content (AvgIpc) is 3.00. The lowest BCUT2D eigenvalue weighted by Crippen LogP contribution is -2.35. The molecule has 0 radical (unpaired) electrons. The minimum absolute atomic E-state index is 0.110. The van der Waals surface area contributed by atoms with Crippen LogP contribution in [0.3, 0.4) is 0 Å². The molecule has 1 atom stereocenters. The summed E-state index contributed by atoms with van der Waals surface area (Å²) in [6, 6.07) is 10.3. The van der Waals surface area contributed by atoms with E-state index in [0.717, 1.165) is 29.5 Å². The molecular weight excluding hydrogens is 342 g/mol. The number of rotatable bonds is 7. The highest BCUT2D eigenvalue weighted by Gasteiger charge is 2.19. The third-order valence-electron chi connectivity index (χ3n) is 5.13. The van der Waals surface area contributed by atoms with Crippen LogP contribution in [0.5, 0.6) is 0 Å². The molecule has 1 heterocycles. The van der Waals surface area contributed by atoms with Gasteiger partial charge in [-0.25, -0.2) is 4.98 Å². The second kappa shape index (κ2) is 9.26. The number of hydrogen-bond donors (Lipinski definition) is 2. The van der Waals surface area contributed by atoms with Gasteiger partial charge in [0.25, 0.3) is 0 Å². The van der Waals surface area contributed by atoms with Crippen LogP contribution in [0.15, 0.2) is 35.5 Å². The lowest BCUT2D eigenvalue weighted by molar-refractivity contribution is -0.120. The summed E-state index contributed by atoms with van der Waals surface area (Å²) in [6.07, 6.45) is 7.28. The molecule has 1 saturated carbocycles. The normalized spacial score (nSPS) is 16.4. The maximum Gasteiger partial charge on any atom is 0.233 e. The van der Waals surface area contributed by atoms with Crippen LogP contribution >= 0.6 is 11.8 Å². The van der Waals surface area contributed by atoms with E-state index in [9.17, 15) is 4.79 Å². The second-order valence-electron chi connectivity index (χ2n) is 7.29. The Bertz CT molecular complexity index is 707. The van der Waals surface area contributed by atoms with Gasteiger partial charge in [0.05, 0.1) is 10.9 Å². The van der Waals surface area contributed by atoms with Gasteiger partial charge in [-0.3, -0.25) is 4.79 Å². The van der Waals surface area contributed by atoms with Gasteiger partial charge in [0.15, 0.2) is 5.16 Å². The molecule has 1 fully saturated rings. The molecule has 1 aliphatic carbocycles. The highest BCUT2D eigenvalue weighted by molar-refractivity contribution is 8.00. The predicted molar refractivity (Wildman–Crippen MR) is 107 cm³/mol. The molecule has 1 aromatic heterocycles. The van der Waals surface area contributed by atoms with Gasteiger partial charge in [-0.15, -0.1) is 0 Å². The smallest absolute Gasteiger partial charge is 0.233 e. The van der Waals surface area contributed by atoms with E-state index in [1.54, 1.807) is 0 Å². The first-order valence-electron chi connectivity index (χ1n) is 9.65. The Hall–Kier alpha value is -1.75. The molecule has 26 heavy (non-hydrogen) atoms. The first-order chi connectivity index (χ1) is 12.6. The molecule has 1 aliphatic rings. The van der Waals surface area contributed by atoms with Crippen molar-refractivity contribution in [3.63, 3.8) is 0 Å². The summed E-state index contributed by atoms with van der Waals surface area (Å²) < 4.78 is 0. The Morgan fingerprint density at radius 3 is 2.73 bits per heavy atom. The van der Waals surface area contributed by atoms with Gasteiger partial charge in [-0.1, -0.05) is 61.4 Å². The van der Waals surface area contributed by atoms with E-state index in [1.165, 1.54) is 49.4 Å². The van der Waals surface area contributed by atoms with Crippen LogP contribution < -0.4 is 5.32 Å². The van der Waals surface area contributed by atoms with Crippen molar-refractivity contribution in [2.24, 2.45) is 5.92 Å². The highest BCUT2D eigenvalue weighted by Crippen LogP contribution is 2.25. The molecule has 1 amide bonds. The van der Waals surface area contributed by atoms with Crippen LogP contribution in [0.25, 0.3) is 0 Å². The Labute approximate surface area is 160 Å². The van der Waals surface area contributed by atoms with Crippen molar-refractivity contribution in [2.75, 3.05) is 6.54 Å². The minimum Gasteiger partial charge on any atom is -0.355 e. The summed E-state index contributed by atoms with van der Waals surface area (Å²) >= 11 is 1.51. The number of nitrogens with one attached hydrogen (secondary N) is 2. The number of aryl methyl sites for hydroxylation is 1. The van der Waals surface area contributed by atoms with Crippen LogP contribution in [0.4, 0.5) is 0 Å². The lowest BCUT2D eigenvalue weighted by Gasteiger charge is -2.22. The first-order valence-corrected chi connectivity index (χ1v) is 10.5. The number of hydrogen-bond acceptors (Lipinski definition) is 3. The summed E-state index contributed by atoms with van der Waals surface area (Å²) in [5.74, 6) is 0.771. The monoisotopic (exact) mass is 371 g/mol. The molecule has 0 spiro atoms. The summed E-state index contributed by atoms with van der Waals surface area (Å²) in [6.45, 7) is 4.82. The van der Waals surface area contributed by atoms with E-state index in [4.69, 9.17) is 4.98 Å². The molecule has 4 nitrogen and oxygen atoms in total. The number of amides is 1. The van der Waals surface area contributed by atoms with Crippen molar-refractivity contribution in [3.8, 4) is 0 Å². The molecule has 1 aromatic carbocycles. The Morgan fingerprint density at radius 2 is 2.00 bits per heavy atom. The first kappa shape index (κ1) is 19.0. The van der Waals surface area contributed by atoms with E-state index in [1.807, 2.05) is 32.0 Å². The molecule has 0 saturated heterocycles. The number of aromatic amines is 1. The van der Waals surface area contributed by atoms with Crippen molar-refractivity contribution >= 4 is 17.7 Å². The van der Waals surface area contributed by atoms with Crippen molar-refractivity contribution in [3.05, 3.63) is 47.3 Å². The molecule has 5 heteroatoms. The Balaban J connectivity index is 1.51. The molecular formula is C21H29N3OS. The second-order valence-corrected chi connectivity index (χ2v) is 8.61. The number of carbonyl (C=O) groups excluding carboxylic acids is 1. The summed E-state index contributed by atoms with van der Waals surface area (Å²) in [7, 11) is 0. The third kappa shape index (κ3) is 5.37. The van der Waals surface area contributed by atoms with Gasteiger partial charge >= 0.3 is 0 Å². The van der Waals surface area contributed by atoms with Gasteiger partial charge in [0.2, 0.25) is 5.91 Å². The van der Waals surface area contributed by atoms with Crippen LogP contribution in [-0.4, -0.2) is 27.7 Å². The predicted octanol–water partition coefficient (Wildman–Crippen LogP) is 4.49.